The molecule has 0 saturated carbocycles. The lowest BCUT2D eigenvalue weighted by Crippen LogP contribution is -2.56. The van der Waals surface area contributed by atoms with Gasteiger partial charge in [-0.05, 0) is 44.9 Å². The summed E-state index contributed by atoms with van der Waals surface area (Å²) in [5, 5.41) is 29.6. The van der Waals surface area contributed by atoms with Crippen molar-refractivity contribution in [1.29, 1.82) is 0 Å². The Bertz CT molecular complexity index is 1750. The van der Waals surface area contributed by atoms with Gasteiger partial charge in [-0.15, -0.1) is 0 Å². The number of hydrogen-bond acceptors (Lipinski definition) is 10. The van der Waals surface area contributed by atoms with Gasteiger partial charge in [-0.25, -0.2) is 9.67 Å². The van der Waals surface area contributed by atoms with Crippen molar-refractivity contribution in [2.45, 2.75) is 64.7 Å². The fourth-order valence-corrected chi connectivity index (χ4v) is 5.43. The first-order valence-electron chi connectivity index (χ1n) is 16.0. The van der Waals surface area contributed by atoms with Gasteiger partial charge >= 0.3 is 0 Å². The summed E-state index contributed by atoms with van der Waals surface area (Å²) in [5.74, 6) is -0.253. The summed E-state index contributed by atoms with van der Waals surface area (Å²) in [6.45, 7) is 4.75. The predicted octanol–water partition coefficient (Wildman–Crippen LogP) is 1.07. The smallest absolute Gasteiger partial charge is 0.245 e. The maximum absolute atomic E-state index is 13.6. The van der Waals surface area contributed by atoms with E-state index < -0.39 is 36.5 Å². The van der Waals surface area contributed by atoms with Crippen LogP contribution >= 0.6 is 0 Å². The van der Waals surface area contributed by atoms with Crippen molar-refractivity contribution in [2.75, 3.05) is 19.8 Å². The molecule has 2 bridgehead atoms. The molecule has 4 heterocycles. The van der Waals surface area contributed by atoms with Crippen LogP contribution in [-0.4, -0.2) is 80.5 Å². The van der Waals surface area contributed by atoms with E-state index in [2.05, 4.69) is 36.5 Å². The largest absolute Gasteiger partial charge is 0.492 e. The molecular weight excluding hydrogens is 632 g/mol. The van der Waals surface area contributed by atoms with Crippen molar-refractivity contribution in [3.63, 3.8) is 0 Å². The number of fused-ring (bicyclic) bond motifs is 14. The third kappa shape index (κ3) is 9.07. The molecule has 15 heteroatoms. The molecule has 0 unspecified atom stereocenters. The van der Waals surface area contributed by atoms with Gasteiger partial charge in [0.1, 0.15) is 42.6 Å². The van der Waals surface area contributed by atoms with Crippen LogP contribution in [0.1, 0.15) is 47.8 Å². The Labute approximate surface area is 282 Å². The number of hydrogen-bond donors (Lipinski definition) is 5. The Balaban J connectivity index is 1.38. The monoisotopic (exact) mass is 672 g/mol. The van der Waals surface area contributed by atoms with Gasteiger partial charge in [-0.1, -0.05) is 47.6 Å². The molecule has 0 saturated heterocycles. The molecular formula is C34H40N8O7. The molecule has 0 fully saturated rings. The molecule has 4 amide bonds. The molecule has 0 radical (unpaired) electrons. The van der Waals surface area contributed by atoms with Gasteiger partial charge in [0, 0.05) is 24.0 Å². The number of carbonyl (C=O) groups is 4. The first-order chi connectivity index (χ1) is 23.6. The first-order valence-corrected chi connectivity index (χ1v) is 16.0. The van der Waals surface area contributed by atoms with E-state index in [0.717, 1.165) is 5.56 Å². The third-order valence-electron chi connectivity index (χ3n) is 8.08. The molecule has 2 aromatic carbocycles. The van der Waals surface area contributed by atoms with Crippen LogP contribution in [0.15, 0.2) is 59.1 Å². The number of nitrogens with one attached hydrogen (secondary N) is 4. The normalized spacial score (nSPS) is 19.2. The van der Waals surface area contributed by atoms with Crippen LogP contribution in [0.3, 0.4) is 0 Å². The highest BCUT2D eigenvalue weighted by molar-refractivity contribution is 5.92. The molecule has 0 aliphatic carbocycles. The SMILES string of the molecule is Cc1noc(C)c1CCC(=O)N[C@H]1Cc2ccc(cc2)OCCNC(=O)Cn2nc(-c3ccccc3)nc2[C@H](C)NC(=O)[C@H](CO)NC1=O. The van der Waals surface area contributed by atoms with Gasteiger partial charge in [-0.2, -0.15) is 5.10 Å². The number of aromatic nitrogens is 4. The van der Waals surface area contributed by atoms with E-state index in [4.69, 9.17) is 9.26 Å². The highest BCUT2D eigenvalue weighted by Crippen LogP contribution is 2.20. The summed E-state index contributed by atoms with van der Waals surface area (Å²) in [6, 6.07) is 12.9. The summed E-state index contributed by atoms with van der Waals surface area (Å²) in [6.07, 6.45) is 0.536. The minimum absolute atomic E-state index is 0.0725. The first kappa shape index (κ1) is 34.8. The Morgan fingerprint density at radius 2 is 1.80 bits per heavy atom. The van der Waals surface area contributed by atoms with E-state index in [1.165, 1.54) is 4.68 Å². The zero-order valence-corrected chi connectivity index (χ0v) is 27.6. The van der Waals surface area contributed by atoms with Crippen LogP contribution in [0.5, 0.6) is 5.75 Å². The van der Waals surface area contributed by atoms with Crippen molar-refractivity contribution in [2.24, 2.45) is 0 Å². The number of aliphatic hydroxyl groups is 1. The maximum Gasteiger partial charge on any atom is 0.245 e. The van der Waals surface area contributed by atoms with Crippen LogP contribution in [0.2, 0.25) is 0 Å². The van der Waals surface area contributed by atoms with Gasteiger partial charge in [-0.3, -0.25) is 19.2 Å². The number of rotatable bonds is 6. The molecule has 4 aromatic rings. The second-order valence-corrected chi connectivity index (χ2v) is 11.8. The average Bonchev–Trinajstić information content (AvgIpc) is 3.66. The van der Waals surface area contributed by atoms with Crippen LogP contribution < -0.4 is 26.0 Å². The van der Waals surface area contributed by atoms with Crippen LogP contribution in [-0.2, 0) is 38.6 Å². The summed E-state index contributed by atoms with van der Waals surface area (Å²) in [5.41, 5.74) is 2.94. The minimum atomic E-state index is -1.36. The van der Waals surface area contributed by atoms with E-state index in [1.807, 2.05) is 30.3 Å². The average molecular weight is 673 g/mol. The van der Waals surface area contributed by atoms with E-state index in [9.17, 15) is 24.3 Å². The van der Waals surface area contributed by atoms with E-state index >= 15 is 0 Å². The minimum Gasteiger partial charge on any atom is -0.492 e. The second-order valence-electron chi connectivity index (χ2n) is 11.8. The fourth-order valence-electron chi connectivity index (χ4n) is 5.43. The lowest BCUT2D eigenvalue weighted by atomic mass is 10.0. The standard InChI is InChI=1S/C34H40N8O7/c1-20-26(22(3)49-41-20)13-14-29(44)37-27-17-23-9-11-25(12-10-23)48-16-15-35-30(45)18-42-32(39-31(40-42)24-7-5-4-6-8-24)21(2)36-34(47)28(19-43)38-33(27)46/h4-12,21,27-28,43H,13-19H2,1-3H3,(H,35,45)(H,36,47)(H,37,44)(H,38,46)/t21-,27-,28-/m0/s1. The fraction of sp³-hybridized carbons (Fsp3) is 0.382. The molecule has 6 rings (SSSR count). The lowest BCUT2D eigenvalue weighted by Gasteiger charge is -2.24. The van der Waals surface area contributed by atoms with Gasteiger partial charge in [0.15, 0.2) is 5.82 Å². The summed E-state index contributed by atoms with van der Waals surface area (Å²) in [7, 11) is 0. The molecule has 15 nitrogen and oxygen atoms in total. The number of carbonyl (C=O) groups excluding carboxylic acids is 4. The predicted molar refractivity (Wildman–Crippen MR) is 176 cm³/mol. The van der Waals surface area contributed by atoms with Gasteiger partial charge in [0.25, 0.3) is 0 Å². The number of aliphatic hydroxyl groups excluding tert-OH is 1. The molecule has 258 valence electrons. The molecule has 2 aromatic heterocycles. The number of ether oxygens (including phenoxy) is 1. The molecule has 49 heavy (non-hydrogen) atoms. The Morgan fingerprint density at radius 3 is 2.49 bits per heavy atom. The van der Waals surface area contributed by atoms with Crippen molar-refractivity contribution in [1.82, 2.24) is 41.2 Å². The second kappa shape index (κ2) is 16.0. The lowest BCUT2D eigenvalue weighted by molar-refractivity contribution is -0.133. The quantitative estimate of drug-likeness (QED) is 0.197. The van der Waals surface area contributed by atoms with Crippen LogP contribution in [0, 0.1) is 13.8 Å². The highest BCUT2D eigenvalue weighted by Gasteiger charge is 2.29. The zero-order chi connectivity index (χ0) is 34.9. The van der Waals surface area contributed by atoms with Crippen molar-refractivity contribution in [3.05, 3.63) is 83.0 Å². The van der Waals surface area contributed by atoms with Crippen LogP contribution in [0.25, 0.3) is 11.4 Å². The Morgan fingerprint density at radius 1 is 1.04 bits per heavy atom. The Hall–Kier alpha value is -5.57. The van der Waals surface area contributed by atoms with Crippen molar-refractivity contribution < 1.29 is 33.5 Å². The molecule has 0 spiro atoms. The van der Waals surface area contributed by atoms with Gasteiger partial charge in [0.2, 0.25) is 23.6 Å². The van der Waals surface area contributed by atoms with E-state index in [0.29, 0.717) is 46.4 Å². The van der Waals surface area contributed by atoms with E-state index in [1.54, 1.807) is 45.0 Å². The van der Waals surface area contributed by atoms with Gasteiger partial charge < -0.3 is 35.6 Å². The summed E-state index contributed by atoms with van der Waals surface area (Å²) < 4.78 is 12.4. The number of amides is 4. The molecule has 5 N–H and O–H groups in total. The maximum atomic E-state index is 13.6. The third-order valence-corrected chi connectivity index (χ3v) is 8.08. The van der Waals surface area contributed by atoms with Crippen molar-refractivity contribution in [3.8, 4) is 17.1 Å². The number of benzene rings is 2. The van der Waals surface area contributed by atoms with Crippen molar-refractivity contribution >= 4 is 23.6 Å². The number of nitrogens with zero attached hydrogens (tertiary/aromatic N) is 4. The molecule has 2 aliphatic heterocycles. The highest BCUT2D eigenvalue weighted by atomic mass is 16.5. The van der Waals surface area contributed by atoms with Gasteiger partial charge in [0.05, 0.1) is 24.9 Å². The number of aryl methyl sites for hydroxylation is 2. The van der Waals surface area contributed by atoms with E-state index in [-0.39, 0.29) is 44.4 Å². The summed E-state index contributed by atoms with van der Waals surface area (Å²) in [4.78, 5) is 57.6. The van der Waals surface area contributed by atoms with Crippen LogP contribution in [0.4, 0.5) is 0 Å². The summed E-state index contributed by atoms with van der Waals surface area (Å²) >= 11 is 0. The zero-order valence-electron chi connectivity index (χ0n) is 27.6. The molecule has 2 aliphatic rings. The molecule has 3 atom stereocenters. The Kier molecular flexibility index (Phi) is 11.4. The topological polar surface area (TPSA) is 203 Å².